The fourth-order valence-electron chi connectivity index (χ4n) is 3.96. The summed E-state index contributed by atoms with van der Waals surface area (Å²) in [5, 5.41) is 1.12. The largest absolute Gasteiger partial charge is 0.461 e. The van der Waals surface area contributed by atoms with E-state index < -0.39 is 0 Å². The minimum absolute atomic E-state index is 0.0768. The molecule has 1 fully saturated rings. The van der Waals surface area contributed by atoms with Crippen LogP contribution in [-0.4, -0.2) is 61.6 Å². The van der Waals surface area contributed by atoms with Gasteiger partial charge in [0, 0.05) is 37.0 Å². The van der Waals surface area contributed by atoms with Crippen LogP contribution in [0.3, 0.4) is 0 Å². The minimum atomic E-state index is 0.0768. The van der Waals surface area contributed by atoms with Crippen LogP contribution in [0.5, 0.6) is 0 Å². The van der Waals surface area contributed by atoms with Crippen molar-refractivity contribution in [3.05, 3.63) is 59.9 Å². The molecule has 1 aromatic heterocycles. The van der Waals surface area contributed by atoms with Gasteiger partial charge in [-0.2, -0.15) is 0 Å². The van der Waals surface area contributed by atoms with Gasteiger partial charge in [-0.05, 0) is 54.5 Å². The van der Waals surface area contributed by atoms with Crippen molar-refractivity contribution >= 4 is 16.9 Å². The zero-order chi connectivity index (χ0) is 20.9. The van der Waals surface area contributed by atoms with Crippen LogP contribution in [0.25, 0.3) is 22.1 Å². The zero-order valence-corrected chi connectivity index (χ0v) is 17.9. The molecule has 5 nitrogen and oxygen atoms in total. The molecular weight excluding hydrogens is 376 g/mol. The molecule has 5 heteroatoms. The van der Waals surface area contributed by atoms with Crippen molar-refractivity contribution in [3.8, 4) is 11.1 Å². The van der Waals surface area contributed by atoms with Crippen LogP contribution in [0.1, 0.15) is 30.0 Å². The number of likely N-dealkylation sites (N-methyl/N-ethyl adjacent to an activating group) is 1. The van der Waals surface area contributed by atoms with Gasteiger partial charge in [-0.15, -0.1) is 0 Å². The predicted molar refractivity (Wildman–Crippen MR) is 120 cm³/mol. The first kappa shape index (κ1) is 20.6. The van der Waals surface area contributed by atoms with E-state index in [1.807, 2.05) is 35.2 Å². The first-order valence-electron chi connectivity index (χ1n) is 10.9. The first-order chi connectivity index (χ1) is 14.7. The number of hydrogen-bond acceptors (Lipinski definition) is 4. The number of ether oxygens (including phenoxy) is 1. The molecule has 0 bridgehead atoms. The molecule has 2 aromatic carbocycles. The molecule has 1 aliphatic rings. The van der Waals surface area contributed by atoms with Gasteiger partial charge < -0.3 is 19.0 Å². The summed E-state index contributed by atoms with van der Waals surface area (Å²) in [4.78, 5) is 16.9. The highest BCUT2D eigenvalue weighted by Crippen LogP contribution is 2.27. The molecule has 1 aliphatic heterocycles. The molecule has 0 spiro atoms. The highest BCUT2D eigenvalue weighted by Gasteiger charge is 2.18. The Morgan fingerprint density at radius 2 is 1.67 bits per heavy atom. The van der Waals surface area contributed by atoms with E-state index >= 15 is 0 Å². The van der Waals surface area contributed by atoms with E-state index in [4.69, 9.17) is 9.15 Å². The third kappa shape index (κ3) is 4.58. The van der Waals surface area contributed by atoms with Crippen LogP contribution >= 0.6 is 0 Å². The Kier molecular flexibility index (Phi) is 6.50. The molecule has 0 saturated carbocycles. The molecule has 0 aliphatic carbocycles. The van der Waals surface area contributed by atoms with Crippen molar-refractivity contribution in [2.24, 2.45) is 0 Å². The molecule has 158 valence electrons. The molecular formula is C25H30N2O3. The van der Waals surface area contributed by atoms with E-state index in [-0.39, 0.29) is 5.91 Å². The van der Waals surface area contributed by atoms with Gasteiger partial charge in [0.1, 0.15) is 11.3 Å². The summed E-state index contributed by atoms with van der Waals surface area (Å²) in [6.45, 7) is 10.1. The van der Waals surface area contributed by atoms with Gasteiger partial charge in [0.15, 0.2) is 0 Å². The highest BCUT2D eigenvalue weighted by molar-refractivity contribution is 5.95. The van der Waals surface area contributed by atoms with Crippen molar-refractivity contribution < 1.29 is 13.9 Å². The second-order valence-electron chi connectivity index (χ2n) is 7.72. The Bertz CT molecular complexity index is 983. The number of nitrogens with zero attached hydrogens (tertiary/aromatic N) is 2. The van der Waals surface area contributed by atoms with Crippen LogP contribution in [-0.2, 0) is 11.2 Å². The van der Waals surface area contributed by atoms with E-state index in [1.54, 1.807) is 0 Å². The number of rotatable bonds is 7. The molecule has 0 N–H and O–H groups in total. The quantitative estimate of drug-likeness (QED) is 0.581. The predicted octanol–water partition coefficient (Wildman–Crippen LogP) is 4.46. The van der Waals surface area contributed by atoms with Crippen LogP contribution in [0.2, 0.25) is 0 Å². The lowest BCUT2D eigenvalue weighted by Gasteiger charge is -2.26. The van der Waals surface area contributed by atoms with Crippen molar-refractivity contribution in [2.75, 3.05) is 45.9 Å². The number of hydrogen-bond donors (Lipinski definition) is 0. The number of carbonyl (C=O) groups excluding carboxylic acids is 1. The van der Waals surface area contributed by atoms with Crippen LogP contribution in [0, 0.1) is 0 Å². The third-order valence-electron chi connectivity index (χ3n) is 5.90. The average molecular weight is 407 g/mol. The Hall–Kier alpha value is -2.63. The van der Waals surface area contributed by atoms with Crippen LogP contribution in [0.4, 0.5) is 0 Å². The smallest absolute Gasteiger partial charge is 0.254 e. The van der Waals surface area contributed by atoms with Gasteiger partial charge in [0.05, 0.1) is 13.2 Å². The van der Waals surface area contributed by atoms with Gasteiger partial charge in [-0.25, -0.2) is 0 Å². The monoisotopic (exact) mass is 406 g/mol. The molecule has 30 heavy (non-hydrogen) atoms. The molecule has 4 rings (SSSR count). The lowest BCUT2D eigenvalue weighted by molar-refractivity contribution is 0.0303. The summed E-state index contributed by atoms with van der Waals surface area (Å²) < 4.78 is 11.4. The number of morpholine rings is 1. The Balaban J connectivity index is 1.48. The molecule has 2 heterocycles. The summed E-state index contributed by atoms with van der Waals surface area (Å²) >= 11 is 0. The van der Waals surface area contributed by atoms with Gasteiger partial charge in [-0.1, -0.05) is 32.0 Å². The molecule has 0 atom stereocenters. The summed E-state index contributed by atoms with van der Waals surface area (Å²) in [7, 11) is 0. The van der Waals surface area contributed by atoms with Gasteiger partial charge in [0.2, 0.25) is 0 Å². The second kappa shape index (κ2) is 9.45. The number of furan rings is 1. The molecule has 0 unspecified atom stereocenters. The number of amides is 1. The van der Waals surface area contributed by atoms with Crippen molar-refractivity contribution in [1.29, 1.82) is 0 Å². The maximum absolute atomic E-state index is 12.6. The van der Waals surface area contributed by atoms with Crippen molar-refractivity contribution in [3.63, 3.8) is 0 Å². The van der Waals surface area contributed by atoms with Crippen molar-refractivity contribution in [2.45, 2.75) is 20.3 Å². The lowest BCUT2D eigenvalue weighted by atomic mass is 10.0. The fraction of sp³-hybridized carbons (Fsp3) is 0.400. The Morgan fingerprint density at radius 1 is 0.967 bits per heavy atom. The number of fused-ring (bicyclic) bond motifs is 1. The SMILES string of the molecule is CCN(CC)CCc1cc2cc(-c3ccc(C(=O)N4CCOCC4)cc3)ccc2o1. The summed E-state index contributed by atoms with van der Waals surface area (Å²) in [6.07, 6.45) is 0.921. The highest BCUT2D eigenvalue weighted by atomic mass is 16.5. The lowest BCUT2D eigenvalue weighted by Crippen LogP contribution is -2.40. The minimum Gasteiger partial charge on any atom is -0.461 e. The maximum atomic E-state index is 12.6. The topological polar surface area (TPSA) is 45.9 Å². The summed E-state index contributed by atoms with van der Waals surface area (Å²) in [5.41, 5.74) is 3.88. The van der Waals surface area contributed by atoms with Crippen LogP contribution in [0.15, 0.2) is 52.9 Å². The normalized spacial score (nSPS) is 14.6. The van der Waals surface area contributed by atoms with E-state index in [2.05, 4.69) is 36.9 Å². The van der Waals surface area contributed by atoms with E-state index in [0.717, 1.165) is 59.5 Å². The van der Waals surface area contributed by atoms with Crippen LogP contribution < -0.4 is 0 Å². The second-order valence-corrected chi connectivity index (χ2v) is 7.72. The van der Waals surface area contributed by atoms with Gasteiger partial charge in [-0.3, -0.25) is 4.79 Å². The third-order valence-corrected chi connectivity index (χ3v) is 5.90. The number of benzene rings is 2. The van der Waals surface area contributed by atoms with E-state index in [1.165, 1.54) is 0 Å². The number of carbonyl (C=O) groups is 1. The zero-order valence-electron chi connectivity index (χ0n) is 17.9. The van der Waals surface area contributed by atoms with Crippen molar-refractivity contribution in [1.82, 2.24) is 9.80 Å². The average Bonchev–Trinajstić information content (AvgIpc) is 3.22. The van der Waals surface area contributed by atoms with E-state index in [0.29, 0.717) is 26.3 Å². The van der Waals surface area contributed by atoms with Gasteiger partial charge >= 0.3 is 0 Å². The Morgan fingerprint density at radius 3 is 2.37 bits per heavy atom. The fourth-order valence-corrected chi connectivity index (χ4v) is 3.96. The molecule has 1 saturated heterocycles. The van der Waals surface area contributed by atoms with Gasteiger partial charge in [0.25, 0.3) is 5.91 Å². The maximum Gasteiger partial charge on any atom is 0.254 e. The summed E-state index contributed by atoms with van der Waals surface area (Å²) in [6, 6.07) is 16.3. The standard InChI is InChI=1S/C25H30N2O3/c1-3-26(4-2)12-11-23-18-22-17-21(9-10-24(22)30-23)19-5-7-20(8-6-19)25(28)27-13-15-29-16-14-27/h5-10,17-18H,3-4,11-16H2,1-2H3. The Labute approximate surface area is 178 Å². The van der Waals surface area contributed by atoms with E-state index in [9.17, 15) is 4.79 Å². The molecule has 3 aromatic rings. The molecule has 1 amide bonds. The summed E-state index contributed by atoms with van der Waals surface area (Å²) in [5.74, 6) is 1.11. The molecule has 0 radical (unpaired) electrons. The first-order valence-corrected chi connectivity index (χ1v) is 10.9.